The van der Waals surface area contributed by atoms with Gasteiger partial charge in [-0.05, 0) is 53.8 Å². The Labute approximate surface area is 139 Å². The highest BCUT2D eigenvalue weighted by Crippen LogP contribution is 2.36. The van der Waals surface area contributed by atoms with Gasteiger partial charge in [-0.3, -0.25) is 4.98 Å². The van der Waals surface area contributed by atoms with Gasteiger partial charge in [0.25, 0.3) is 0 Å². The van der Waals surface area contributed by atoms with E-state index in [0.717, 1.165) is 40.7 Å². The van der Waals surface area contributed by atoms with Gasteiger partial charge in [0, 0.05) is 24.2 Å². The molecule has 0 aliphatic heterocycles. The highest BCUT2D eigenvalue weighted by atomic mass is 32.2. The second-order valence-corrected chi connectivity index (χ2v) is 7.74. The Morgan fingerprint density at radius 3 is 2.29 bits per heavy atom. The van der Waals surface area contributed by atoms with Gasteiger partial charge in [-0.2, -0.15) is 0 Å². The lowest BCUT2D eigenvalue weighted by molar-refractivity contribution is 0.520. The first-order valence-corrected chi connectivity index (χ1v) is 9.17. The van der Waals surface area contributed by atoms with Crippen LogP contribution in [0.3, 0.4) is 0 Å². The van der Waals surface area contributed by atoms with Gasteiger partial charge in [0.1, 0.15) is 16.5 Å². The first kappa shape index (κ1) is 16.5. The summed E-state index contributed by atoms with van der Waals surface area (Å²) in [6.07, 6.45) is 8.49. The van der Waals surface area contributed by atoms with E-state index in [2.05, 4.69) is 4.98 Å². The van der Waals surface area contributed by atoms with E-state index in [-0.39, 0.29) is 0 Å². The van der Waals surface area contributed by atoms with Crippen molar-refractivity contribution in [2.24, 2.45) is 0 Å². The Morgan fingerprint density at radius 2 is 1.71 bits per heavy atom. The summed E-state index contributed by atoms with van der Waals surface area (Å²) >= 11 is 0. The normalized spacial score (nSPS) is 14.5. The van der Waals surface area contributed by atoms with Crippen LogP contribution in [0.4, 0.5) is 8.78 Å². The number of pyridine rings is 1. The van der Waals surface area contributed by atoms with Gasteiger partial charge in [0.05, 0.1) is 0 Å². The summed E-state index contributed by atoms with van der Waals surface area (Å²) in [6.45, 7) is 1.91. The van der Waals surface area contributed by atoms with Gasteiger partial charge >= 0.3 is 0 Å². The van der Waals surface area contributed by atoms with Crippen molar-refractivity contribution in [3.05, 3.63) is 71.1 Å². The lowest BCUT2D eigenvalue weighted by Gasteiger charge is -2.11. The fraction of sp³-hybridized carbons (Fsp3) is 0.167. The van der Waals surface area contributed by atoms with Crippen LogP contribution in [0.15, 0.2) is 47.6 Å². The molecule has 0 spiro atoms. The molecule has 0 radical (unpaired) electrons. The summed E-state index contributed by atoms with van der Waals surface area (Å²) in [5, 5.41) is 0. The van der Waals surface area contributed by atoms with Crippen LogP contribution in [0.5, 0.6) is 0 Å². The number of halogens is 2. The summed E-state index contributed by atoms with van der Waals surface area (Å²) in [5.41, 5.74) is 3.73. The Kier molecular flexibility index (Phi) is 4.09. The number of aryl methyl sites for hydroxylation is 1. The molecule has 3 nitrogen and oxygen atoms in total. The van der Waals surface area contributed by atoms with Gasteiger partial charge in [0.2, 0.25) is 0 Å². The average Bonchev–Trinajstić information content (AvgIpc) is 2.94. The zero-order valence-electron chi connectivity index (χ0n) is 13.2. The van der Waals surface area contributed by atoms with Gasteiger partial charge < -0.3 is 0 Å². The quantitative estimate of drug-likeness (QED) is 0.845. The Morgan fingerprint density at radius 1 is 1.04 bits per heavy atom. The van der Waals surface area contributed by atoms with E-state index in [9.17, 15) is 17.2 Å². The minimum atomic E-state index is -3.97. The van der Waals surface area contributed by atoms with Crippen molar-refractivity contribution >= 4 is 21.0 Å². The lowest BCUT2D eigenvalue weighted by Crippen LogP contribution is -2.05. The molecule has 0 bridgehead atoms. The Balaban J connectivity index is 2.17. The maximum Gasteiger partial charge on any atom is 0.181 e. The average molecular weight is 347 g/mol. The van der Waals surface area contributed by atoms with Crippen molar-refractivity contribution in [2.75, 3.05) is 6.26 Å². The van der Waals surface area contributed by atoms with Gasteiger partial charge in [-0.25, -0.2) is 17.2 Å². The predicted molar refractivity (Wildman–Crippen MR) is 89.0 cm³/mol. The Bertz CT molecular complexity index is 969. The van der Waals surface area contributed by atoms with Gasteiger partial charge in [-0.15, -0.1) is 0 Å². The minimum absolute atomic E-state index is 0.332. The number of rotatable bonds is 3. The molecule has 6 heteroatoms. The third-order valence-corrected chi connectivity index (χ3v) is 4.97. The molecule has 1 aliphatic rings. The molecular weight excluding hydrogens is 332 g/mol. The van der Waals surface area contributed by atoms with E-state index in [1.165, 1.54) is 0 Å². The van der Waals surface area contributed by atoms with Crippen molar-refractivity contribution < 1.29 is 17.2 Å². The van der Waals surface area contributed by atoms with Gasteiger partial charge in [0.15, 0.2) is 9.84 Å². The third kappa shape index (κ3) is 3.01. The van der Waals surface area contributed by atoms with Crippen LogP contribution in [0.25, 0.3) is 11.1 Å². The van der Waals surface area contributed by atoms with Crippen molar-refractivity contribution in [1.29, 1.82) is 0 Å². The molecule has 124 valence electrons. The lowest BCUT2D eigenvalue weighted by atomic mass is 9.97. The molecule has 0 atom stereocenters. The SMILES string of the molecule is Cc1cncc(C2=C(c3cc(F)c(S(C)(=O)=O)c(F)c3)CC=C2)c1. The number of allylic oxidation sites excluding steroid dienone is 4. The van der Waals surface area contributed by atoms with Crippen LogP contribution in [-0.4, -0.2) is 19.7 Å². The van der Waals surface area contributed by atoms with Crippen LogP contribution < -0.4 is 0 Å². The highest BCUT2D eigenvalue weighted by molar-refractivity contribution is 7.90. The summed E-state index contributed by atoms with van der Waals surface area (Å²) in [6, 6.07) is 4.09. The summed E-state index contributed by atoms with van der Waals surface area (Å²) in [4.78, 5) is 3.25. The summed E-state index contributed by atoms with van der Waals surface area (Å²) in [7, 11) is -3.97. The van der Waals surface area contributed by atoms with Crippen LogP contribution in [0, 0.1) is 18.6 Å². The minimum Gasteiger partial charge on any atom is -0.264 e. The van der Waals surface area contributed by atoms with Crippen molar-refractivity contribution in [3.63, 3.8) is 0 Å². The molecule has 0 N–H and O–H groups in total. The number of benzene rings is 1. The van der Waals surface area contributed by atoms with Gasteiger partial charge in [-0.1, -0.05) is 12.2 Å². The van der Waals surface area contributed by atoms with E-state index in [1.807, 2.05) is 25.1 Å². The van der Waals surface area contributed by atoms with Crippen molar-refractivity contribution in [3.8, 4) is 0 Å². The largest absolute Gasteiger partial charge is 0.264 e. The molecular formula is C18H15F2NO2S. The fourth-order valence-corrected chi connectivity index (χ4v) is 3.67. The van der Waals surface area contributed by atoms with Crippen LogP contribution >= 0.6 is 0 Å². The molecule has 24 heavy (non-hydrogen) atoms. The standard InChI is InChI=1S/C18H15F2NO2S/c1-11-6-13(10-21-9-11)15-5-3-4-14(15)12-7-16(19)18(17(20)8-12)24(2,22)23/h3,5-10H,4H2,1-2H3. The van der Waals surface area contributed by atoms with Crippen LogP contribution in [0.2, 0.25) is 0 Å². The maximum atomic E-state index is 14.2. The smallest absolute Gasteiger partial charge is 0.181 e. The van der Waals surface area contributed by atoms with E-state index in [1.54, 1.807) is 12.4 Å². The first-order chi connectivity index (χ1) is 11.3. The van der Waals surface area contributed by atoms with E-state index >= 15 is 0 Å². The van der Waals surface area contributed by atoms with E-state index < -0.39 is 26.4 Å². The predicted octanol–water partition coefficient (Wildman–Crippen LogP) is 3.94. The molecule has 0 fully saturated rings. The number of hydrogen-bond donors (Lipinski definition) is 0. The molecule has 1 heterocycles. The Hall–Kier alpha value is -2.34. The highest BCUT2D eigenvalue weighted by Gasteiger charge is 2.23. The van der Waals surface area contributed by atoms with Crippen molar-refractivity contribution in [1.82, 2.24) is 4.98 Å². The maximum absolute atomic E-state index is 14.2. The summed E-state index contributed by atoms with van der Waals surface area (Å²) in [5.74, 6) is -2.15. The topological polar surface area (TPSA) is 47.0 Å². The number of nitrogens with zero attached hydrogens (tertiary/aromatic N) is 1. The van der Waals surface area contributed by atoms with E-state index in [0.29, 0.717) is 12.0 Å². The first-order valence-electron chi connectivity index (χ1n) is 7.28. The zero-order valence-corrected chi connectivity index (χ0v) is 14.0. The number of hydrogen-bond acceptors (Lipinski definition) is 3. The van der Waals surface area contributed by atoms with Crippen LogP contribution in [0.1, 0.15) is 23.1 Å². The molecule has 1 aliphatic carbocycles. The number of aromatic nitrogens is 1. The third-order valence-electron chi connectivity index (χ3n) is 3.84. The second-order valence-electron chi connectivity index (χ2n) is 5.79. The molecule has 0 saturated heterocycles. The molecule has 3 rings (SSSR count). The molecule has 0 unspecified atom stereocenters. The fourth-order valence-electron chi connectivity index (χ4n) is 2.84. The van der Waals surface area contributed by atoms with E-state index in [4.69, 9.17) is 0 Å². The molecule has 1 aromatic carbocycles. The zero-order chi connectivity index (χ0) is 17.5. The van der Waals surface area contributed by atoms with Crippen LogP contribution in [-0.2, 0) is 9.84 Å². The second kappa shape index (κ2) is 5.94. The molecule has 0 amide bonds. The monoisotopic (exact) mass is 347 g/mol. The van der Waals surface area contributed by atoms with Crippen molar-refractivity contribution in [2.45, 2.75) is 18.2 Å². The summed E-state index contributed by atoms with van der Waals surface area (Å²) < 4.78 is 51.4. The molecule has 2 aromatic rings. The molecule has 0 saturated carbocycles. The number of sulfone groups is 1. The molecule has 1 aromatic heterocycles.